The molecule has 3 atom stereocenters. The molecule has 1 aliphatic rings. The fraction of sp³-hybridized carbons (Fsp3) is 0.632. The molecule has 0 radical (unpaired) electrons. The lowest BCUT2D eigenvalue weighted by atomic mass is 9.91. The number of benzene rings is 1. The van der Waals surface area contributed by atoms with Crippen molar-refractivity contribution in [1.82, 2.24) is 5.32 Å². The van der Waals surface area contributed by atoms with Gasteiger partial charge in [-0.2, -0.15) is 0 Å². The van der Waals surface area contributed by atoms with E-state index in [2.05, 4.69) is 38.2 Å². The molecule has 1 fully saturated rings. The topological polar surface area (TPSA) is 49.3 Å². The average Bonchev–Trinajstić information content (AvgIpc) is 2.69. The van der Waals surface area contributed by atoms with Crippen molar-refractivity contribution in [3.63, 3.8) is 0 Å². The van der Waals surface area contributed by atoms with Crippen molar-refractivity contribution in [2.75, 3.05) is 0 Å². The Balaban J connectivity index is 1.99. The zero-order valence-electron chi connectivity index (χ0n) is 14.0. The highest BCUT2D eigenvalue weighted by Gasteiger charge is 2.37. The maximum Gasteiger partial charge on any atom is 0.303 e. The summed E-state index contributed by atoms with van der Waals surface area (Å²) in [5.74, 6) is -0.0576. The smallest absolute Gasteiger partial charge is 0.303 e. The Morgan fingerprint density at radius 2 is 2.00 bits per heavy atom. The third-order valence-electron chi connectivity index (χ3n) is 4.82. The number of rotatable bonds is 7. The van der Waals surface area contributed by atoms with E-state index in [0.717, 1.165) is 6.42 Å². The minimum atomic E-state index is -0.709. The maximum absolute atomic E-state index is 10.9. The Morgan fingerprint density at radius 1 is 1.32 bits per heavy atom. The van der Waals surface area contributed by atoms with Gasteiger partial charge in [-0.1, -0.05) is 51.1 Å². The molecule has 0 aliphatic heterocycles. The van der Waals surface area contributed by atoms with E-state index in [-0.39, 0.29) is 12.5 Å². The molecule has 0 amide bonds. The first-order valence-electron chi connectivity index (χ1n) is 8.37. The Hall–Kier alpha value is -1.35. The average molecular weight is 303 g/mol. The van der Waals surface area contributed by atoms with E-state index in [1.165, 1.54) is 18.4 Å². The van der Waals surface area contributed by atoms with Crippen LogP contribution >= 0.6 is 0 Å². The summed E-state index contributed by atoms with van der Waals surface area (Å²) in [6, 6.07) is 11.1. The van der Waals surface area contributed by atoms with Gasteiger partial charge in [0.1, 0.15) is 0 Å². The lowest BCUT2D eigenvalue weighted by Gasteiger charge is -2.26. The third-order valence-corrected chi connectivity index (χ3v) is 4.82. The Kier molecular flexibility index (Phi) is 5.63. The Bertz CT molecular complexity index is 483. The van der Waals surface area contributed by atoms with Gasteiger partial charge >= 0.3 is 5.97 Å². The Morgan fingerprint density at radius 3 is 2.55 bits per heavy atom. The van der Waals surface area contributed by atoms with Gasteiger partial charge in [0.05, 0.1) is 0 Å². The van der Waals surface area contributed by atoms with Crippen molar-refractivity contribution in [3.8, 4) is 0 Å². The molecule has 1 aromatic rings. The summed E-state index contributed by atoms with van der Waals surface area (Å²) in [6.45, 7) is 6.96. The molecule has 122 valence electrons. The molecule has 1 aromatic carbocycles. The lowest BCUT2D eigenvalue weighted by molar-refractivity contribution is -0.137. The second kappa shape index (κ2) is 7.28. The summed E-state index contributed by atoms with van der Waals surface area (Å²) in [7, 11) is 0. The van der Waals surface area contributed by atoms with Crippen LogP contribution in [0.25, 0.3) is 0 Å². The van der Waals surface area contributed by atoms with E-state index in [9.17, 15) is 4.79 Å². The summed E-state index contributed by atoms with van der Waals surface area (Å²) in [6.07, 6.45) is 4.23. The molecule has 22 heavy (non-hydrogen) atoms. The predicted molar refractivity (Wildman–Crippen MR) is 89.9 cm³/mol. The van der Waals surface area contributed by atoms with Crippen molar-refractivity contribution in [2.45, 2.75) is 65.0 Å². The standard InChI is InChI=1S/C19H29NO2/c1-14-12-19(2,3)13-17(14)20-16(9-10-18(21)22)11-15-7-5-4-6-8-15/h4-8,14,16-17,20H,9-13H2,1-3H3,(H,21,22). The van der Waals surface area contributed by atoms with Crippen LogP contribution in [0.5, 0.6) is 0 Å². The molecule has 0 saturated heterocycles. The fourth-order valence-electron chi connectivity index (χ4n) is 3.86. The van der Waals surface area contributed by atoms with Gasteiger partial charge in [-0.3, -0.25) is 4.79 Å². The molecule has 0 aromatic heterocycles. The quantitative estimate of drug-likeness (QED) is 0.803. The van der Waals surface area contributed by atoms with Gasteiger partial charge < -0.3 is 10.4 Å². The Labute approximate surface area is 134 Å². The van der Waals surface area contributed by atoms with Crippen LogP contribution in [0, 0.1) is 11.3 Å². The number of nitrogens with one attached hydrogen (secondary N) is 1. The van der Waals surface area contributed by atoms with Crippen molar-refractivity contribution in [1.29, 1.82) is 0 Å². The van der Waals surface area contributed by atoms with Crippen LogP contribution in [-0.2, 0) is 11.2 Å². The third kappa shape index (κ3) is 5.13. The number of carbonyl (C=O) groups is 1. The van der Waals surface area contributed by atoms with Gasteiger partial charge in [-0.05, 0) is 42.6 Å². The molecule has 0 bridgehead atoms. The summed E-state index contributed by atoms with van der Waals surface area (Å²) in [5, 5.41) is 12.8. The molecule has 2 rings (SSSR count). The van der Waals surface area contributed by atoms with Gasteiger partial charge in [0.15, 0.2) is 0 Å². The normalized spacial score (nSPS) is 25.0. The van der Waals surface area contributed by atoms with Gasteiger partial charge in [-0.15, -0.1) is 0 Å². The molecular formula is C19H29NO2. The fourth-order valence-corrected chi connectivity index (χ4v) is 3.86. The number of carboxylic acid groups (broad SMARTS) is 1. The van der Waals surface area contributed by atoms with E-state index in [0.29, 0.717) is 23.8 Å². The van der Waals surface area contributed by atoms with E-state index in [1.807, 2.05) is 18.2 Å². The highest BCUT2D eigenvalue weighted by Crippen LogP contribution is 2.41. The van der Waals surface area contributed by atoms with Crippen LogP contribution < -0.4 is 5.32 Å². The van der Waals surface area contributed by atoms with Crippen LogP contribution in [0.3, 0.4) is 0 Å². The molecule has 1 aliphatic carbocycles. The second-order valence-corrected chi connectivity index (χ2v) is 7.64. The number of hydrogen-bond acceptors (Lipinski definition) is 2. The van der Waals surface area contributed by atoms with Gasteiger partial charge in [0.2, 0.25) is 0 Å². The molecule has 3 heteroatoms. The van der Waals surface area contributed by atoms with E-state index >= 15 is 0 Å². The van der Waals surface area contributed by atoms with Crippen LogP contribution in [0.4, 0.5) is 0 Å². The maximum atomic E-state index is 10.9. The summed E-state index contributed by atoms with van der Waals surface area (Å²) >= 11 is 0. The molecular weight excluding hydrogens is 274 g/mol. The van der Waals surface area contributed by atoms with Gasteiger partial charge in [0, 0.05) is 18.5 Å². The van der Waals surface area contributed by atoms with Crippen molar-refractivity contribution < 1.29 is 9.90 Å². The van der Waals surface area contributed by atoms with Crippen molar-refractivity contribution >= 4 is 5.97 Å². The van der Waals surface area contributed by atoms with Crippen LogP contribution in [0.1, 0.15) is 52.0 Å². The largest absolute Gasteiger partial charge is 0.481 e. The van der Waals surface area contributed by atoms with Crippen LogP contribution in [0.2, 0.25) is 0 Å². The van der Waals surface area contributed by atoms with Crippen LogP contribution in [-0.4, -0.2) is 23.2 Å². The molecule has 3 nitrogen and oxygen atoms in total. The van der Waals surface area contributed by atoms with Gasteiger partial charge in [-0.25, -0.2) is 0 Å². The molecule has 3 unspecified atom stereocenters. The number of aliphatic carboxylic acids is 1. The summed E-state index contributed by atoms with van der Waals surface area (Å²) in [4.78, 5) is 10.9. The van der Waals surface area contributed by atoms with Crippen LogP contribution in [0.15, 0.2) is 30.3 Å². The summed E-state index contributed by atoms with van der Waals surface area (Å²) < 4.78 is 0. The second-order valence-electron chi connectivity index (χ2n) is 7.64. The molecule has 0 spiro atoms. The first-order chi connectivity index (χ1) is 10.4. The van der Waals surface area contributed by atoms with E-state index < -0.39 is 5.97 Å². The lowest BCUT2D eigenvalue weighted by Crippen LogP contribution is -2.41. The zero-order chi connectivity index (χ0) is 16.2. The molecule has 0 heterocycles. The highest BCUT2D eigenvalue weighted by atomic mass is 16.4. The molecule has 2 N–H and O–H groups in total. The number of hydrogen-bond donors (Lipinski definition) is 2. The minimum Gasteiger partial charge on any atom is -0.481 e. The number of carboxylic acids is 1. The monoisotopic (exact) mass is 303 g/mol. The minimum absolute atomic E-state index is 0.231. The van der Waals surface area contributed by atoms with E-state index in [4.69, 9.17) is 5.11 Å². The first-order valence-corrected chi connectivity index (χ1v) is 8.37. The molecule has 1 saturated carbocycles. The van der Waals surface area contributed by atoms with Crippen molar-refractivity contribution in [3.05, 3.63) is 35.9 Å². The first kappa shape index (κ1) is 17.0. The zero-order valence-corrected chi connectivity index (χ0v) is 14.0. The predicted octanol–water partition coefficient (Wildman–Crippen LogP) is 3.88. The van der Waals surface area contributed by atoms with Crippen molar-refractivity contribution in [2.24, 2.45) is 11.3 Å². The highest BCUT2D eigenvalue weighted by molar-refractivity contribution is 5.66. The SMILES string of the molecule is CC1CC(C)(C)CC1NC(CCC(=O)O)Cc1ccccc1. The van der Waals surface area contributed by atoms with E-state index in [1.54, 1.807) is 0 Å². The van der Waals surface area contributed by atoms with Gasteiger partial charge in [0.25, 0.3) is 0 Å². The summed E-state index contributed by atoms with van der Waals surface area (Å²) in [5.41, 5.74) is 1.66.